The molecule has 0 saturated carbocycles. The van der Waals surface area contributed by atoms with Gasteiger partial charge in [-0.05, 0) is 72.9 Å². The fourth-order valence-electron chi connectivity index (χ4n) is 3.70. The van der Waals surface area contributed by atoms with Gasteiger partial charge >= 0.3 is 0 Å². The molecule has 110 valence electrons. The van der Waals surface area contributed by atoms with Gasteiger partial charge in [-0.3, -0.25) is 0 Å². The van der Waals surface area contributed by atoms with Gasteiger partial charge in [0.2, 0.25) is 0 Å². The minimum atomic E-state index is -0.842. The summed E-state index contributed by atoms with van der Waals surface area (Å²) in [5, 5.41) is 11.5. The standard InChI is InChI=1S/C20H24O/c1-13-9-10-20(21,18-8-6-5-7-17(13)18)19-12-15(3)14(2)11-16(19)4/h5-8,11-13,21H,9-10H2,1-4H3. The van der Waals surface area contributed by atoms with Crippen LogP contribution in [0.25, 0.3) is 0 Å². The van der Waals surface area contributed by atoms with E-state index in [0.29, 0.717) is 5.92 Å². The molecule has 21 heavy (non-hydrogen) atoms. The lowest BCUT2D eigenvalue weighted by Gasteiger charge is -2.39. The van der Waals surface area contributed by atoms with Crippen molar-refractivity contribution in [3.05, 3.63) is 69.8 Å². The number of rotatable bonds is 1. The SMILES string of the molecule is Cc1cc(C)c(C2(O)CCC(C)c3ccccc32)cc1C. The molecule has 1 aliphatic rings. The Balaban J connectivity index is 2.23. The molecule has 0 fully saturated rings. The maximum absolute atomic E-state index is 11.5. The van der Waals surface area contributed by atoms with Crippen LogP contribution in [0.1, 0.15) is 59.1 Å². The lowest BCUT2D eigenvalue weighted by Crippen LogP contribution is -2.33. The second-order valence-corrected chi connectivity index (χ2v) is 6.64. The molecule has 1 nitrogen and oxygen atoms in total. The zero-order valence-corrected chi connectivity index (χ0v) is 13.4. The quantitative estimate of drug-likeness (QED) is 0.799. The van der Waals surface area contributed by atoms with Gasteiger partial charge in [0.05, 0.1) is 0 Å². The van der Waals surface area contributed by atoms with Gasteiger partial charge in [0.15, 0.2) is 0 Å². The molecule has 0 aliphatic heterocycles. The van der Waals surface area contributed by atoms with Crippen molar-refractivity contribution in [3.8, 4) is 0 Å². The van der Waals surface area contributed by atoms with Crippen LogP contribution in [0.2, 0.25) is 0 Å². The van der Waals surface area contributed by atoms with Crippen molar-refractivity contribution < 1.29 is 5.11 Å². The van der Waals surface area contributed by atoms with E-state index in [4.69, 9.17) is 0 Å². The molecule has 0 spiro atoms. The van der Waals surface area contributed by atoms with Crippen molar-refractivity contribution in [1.29, 1.82) is 0 Å². The predicted molar refractivity (Wildman–Crippen MR) is 87.7 cm³/mol. The van der Waals surface area contributed by atoms with Crippen molar-refractivity contribution in [3.63, 3.8) is 0 Å². The first-order valence-electron chi connectivity index (χ1n) is 7.83. The summed E-state index contributed by atoms with van der Waals surface area (Å²) in [6.07, 6.45) is 1.83. The number of aliphatic hydroxyl groups is 1. The van der Waals surface area contributed by atoms with Crippen LogP contribution >= 0.6 is 0 Å². The first kappa shape index (κ1) is 14.3. The van der Waals surface area contributed by atoms with E-state index in [0.717, 1.165) is 24.0 Å². The molecule has 0 radical (unpaired) electrons. The number of hydrogen-bond donors (Lipinski definition) is 1. The second kappa shape index (κ2) is 4.99. The predicted octanol–water partition coefficient (Wildman–Crippen LogP) is 4.75. The summed E-state index contributed by atoms with van der Waals surface area (Å²) >= 11 is 0. The Kier molecular flexibility index (Phi) is 3.41. The van der Waals surface area contributed by atoms with E-state index in [2.05, 4.69) is 58.0 Å². The van der Waals surface area contributed by atoms with Gasteiger partial charge in [-0.1, -0.05) is 43.3 Å². The monoisotopic (exact) mass is 280 g/mol. The number of hydrogen-bond acceptors (Lipinski definition) is 1. The van der Waals surface area contributed by atoms with Gasteiger partial charge in [0, 0.05) is 0 Å². The Labute approximate surface area is 127 Å². The molecule has 0 bridgehead atoms. The maximum atomic E-state index is 11.5. The van der Waals surface area contributed by atoms with Crippen LogP contribution in [0.4, 0.5) is 0 Å². The third kappa shape index (κ3) is 2.20. The Morgan fingerprint density at radius 1 is 0.952 bits per heavy atom. The number of fused-ring (bicyclic) bond motifs is 1. The highest BCUT2D eigenvalue weighted by Crippen LogP contribution is 2.46. The number of benzene rings is 2. The smallest absolute Gasteiger partial charge is 0.115 e. The minimum Gasteiger partial charge on any atom is -0.380 e. The van der Waals surface area contributed by atoms with Crippen molar-refractivity contribution in [2.45, 2.75) is 52.1 Å². The van der Waals surface area contributed by atoms with Crippen molar-refractivity contribution in [1.82, 2.24) is 0 Å². The highest BCUT2D eigenvalue weighted by atomic mass is 16.3. The van der Waals surface area contributed by atoms with E-state index in [1.807, 2.05) is 6.07 Å². The summed E-state index contributed by atoms with van der Waals surface area (Å²) in [7, 11) is 0. The fraction of sp³-hybridized carbons (Fsp3) is 0.400. The van der Waals surface area contributed by atoms with Crippen molar-refractivity contribution in [2.75, 3.05) is 0 Å². The van der Waals surface area contributed by atoms with Crippen LogP contribution < -0.4 is 0 Å². The van der Waals surface area contributed by atoms with Gasteiger partial charge in [-0.15, -0.1) is 0 Å². The Morgan fingerprint density at radius 3 is 2.38 bits per heavy atom. The average molecular weight is 280 g/mol. The van der Waals surface area contributed by atoms with E-state index >= 15 is 0 Å². The Hall–Kier alpha value is -1.60. The highest BCUT2D eigenvalue weighted by Gasteiger charge is 2.39. The average Bonchev–Trinajstić information content (AvgIpc) is 2.47. The maximum Gasteiger partial charge on any atom is 0.115 e. The van der Waals surface area contributed by atoms with E-state index < -0.39 is 5.60 Å². The Bertz CT molecular complexity index is 686. The fourth-order valence-corrected chi connectivity index (χ4v) is 3.70. The normalized spacial score (nSPS) is 24.7. The van der Waals surface area contributed by atoms with Crippen LogP contribution in [0.3, 0.4) is 0 Å². The number of aryl methyl sites for hydroxylation is 3. The largest absolute Gasteiger partial charge is 0.380 e. The van der Waals surface area contributed by atoms with E-state index in [9.17, 15) is 5.11 Å². The second-order valence-electron chi connectivity index (χ2n) is 6.64. The molecule has 1 heteroatoms. The molecule has 0 heterocycles. The molecule has 0 saturated heterocycles. The lowest BCUT2D eigenvalue weighted by molar-refractivity contribution is 0.0573. The summed E-state index contributed by atoms with van der Waals surface area (Å²) in [6.45, 7) is 8.62. The molecular weight excluding hydrogens is 256 g/mol. The first-order chi connectivity index (χ1) is 9.93. The Morgan fingerprint density at radius 2 is 1.62 bits per heavy atom. The molecule has 0 aromatic heterocycles. The zero-order chi connectivity index (χ0) is 15.2. The van der Waals surface area contributed by atoms with Gasteiger partial charge in [-0.25, -0.2) is 0 Å². The summed E-state index contributed by atoms with van der Waals surface area (Å²) < 4.78 is 0. The minimum absolute atomic E-state index is 0.522. The first-order valence-corrected chi connectivity index (χ1v) is 7.83. The molecule has 3 rings (SSSR count). The summed E-state index contributed by atoms with van der Waals surface area (Å²) in [4.78, 5) is 0. The third-order valence-corrected chi connectivity index (χ3v) is 5.16. The van der Waals surface area contributed by atoms with Gasteiger partial charge in [0.1, 0.15) is 5.60 Å². The molecule has 2 aromatic carbocycles. The van der Waals surface area contributed by atoms with E-state index in [1.54, 1.807) is 0 Å². The molecule has 2 atom stereocenters. The van der Waals surface area contributed by atoms with Crippen molar-refractivity contribution in [2.24, 2.45) is 0 Å². The van der Waals surface area contributed by atoms with E-state index in [1.165, 1.54) is 22.3 Å². The van der Waals surface area contributed by atoms with Crippen LogP contribution in [0.15, 0.2) is 36.4 Å². The molecular formula is C20H24O. The van der Waals surface area contributed by atoms with Gasteiger partial charge in [-0.2, -0.15) is 0 Å². The zero-order valence-electron chi connectivity index (χ0n) is 13.4. The van der Waals surface area contributed by atoms with Crippen LogP contribution in [0.5, 0.6) is 0 Å². The molecule has 0 amide bonds. The highest BCUT2D eigenvalue weighted by molar-refractivity contribution is 5.49. The summed E-state index contributed by atoms with van der Waals surface area (Å²) in [5.41, 5.74) is 6.34. The van der Waals surface area contributed by atoms with Gasteiger partial charge < -0.3 is 5.11 Å². The summed E-state index contributed by atoms with van der Waals surface area (Å²) in [5.74, 6) is 0.522. The van der Waals surface area contributed by atoms with Crippen LogP contribution in [-0.2, 0) is 5.60 Å². The third-order valence-electron chi connectivity index (χ3n) is 5.16. The van der Waals surface area contributed by atoms with Gasteiger partial charge in [0.25, 0.3) is 0 Å². The van der Waals surface area contributed by atoms with Crippen LogP contribution in [-0.4, -0.2) is 5.11 Å². The molecule has 1 N–H and O–H groups in total. The van der Waals surface area contributed by atoms with Crippen molar-refractivity contribution >= 4 is 0 Å². The molecule has 2 aromatic rings. The topological polar surface area (TPSA) is 20.2 Å². The summed E-state index contributed by atoms with van der Waals surface area (Å²) in [6, 6.07) is 12.8. The molecule has 1 aliphatic carbocycles. The molecule has 2 unspecified atom stereocenters. The van der Waals surface area contributed by atoms with Crippen LogP contribution in [0, 0.1) is 20.8 Å². The van der Waals surface area contributed by atoms with E-state index in [-0.39, 0.29) is 0 Å². The lowest BCUT2D eigenvalue weighted by atomic mass is 9.70.